The van der Waals surface area contributed by atoms with Crippen LogP contribution in [0.1, 0.15) is 6.92 Å². The van der Waals surface area contributed by atoms with E-state index in [0.29, 0.717) is 0 Å². The van der Waals surface area contributed by atoms with Crippen molar-refractivity contribution in [3.05, 3.63) is 0 Å². The smallest absolute Gasteiger partial charge is 0.325 e. The molecule has 5 heteroatoms. The molecule has 0 spiro atoms. The third-order valence-corrected chi connectivity index (χ3v) is 1.21. The van der Waals surface area contributed by atoms with Crippen LogP contribution in [0, 0.1) is 0 Å². The lowest BCUT2D eigenvalue weighted by Gasteiger charge is -2.12. The van der Waals surface area contributed by atoms with Gasteiger partial charge in [0.1, 0.15) is 6.04 Å². The zero-order valence-corrected chi connectivity index (χ0v) is 7.50. The molecule has 0 saturated carbocycles. The van der Waals surface area contributed by atoms with E-state index in [0.717, 1.165) is 0 Å². The first kappa shape index (κ1) is 10.9. The molecule has 5 nitrogen and oxygen atoms in total. The maximum absolute atomic E-state index is 11.0. The third-order valence-electron chi connectivity index (χ3n) is 1.21. The van der Waals surface area contributed by atoms with Crippen molar-refractivity contribution < 1.29 is 14.7 Å². The highest BCUT2D eigenvalue weighted by atomic mass is 16.4. The zero-order chi connectivity index (χ0) is 9.72. The van der Waals surface area contributed by atoms with Gasteiger partial charge in [-0.05, 0) is 21.0 Å². The average Bonchev–Trinajstić information content (AvgIpc) is 1.84. The fourth-order valence-corrected chi connectivity index (χ4v) is 0.636. The number of amides is 1. The van der Waals surface area contributed by atoms with E-state index < -0.39 is 12.0 Å². The van der Waals surface area contributed by atoms with Gasteiger partial charge in [0.05, 0.1) is 6.54 Å². The van der Waals surface area contributed by atoms with E-state index >= 15 is 0 Å². The second kappa shape index (κ2) is 4.71. The molecule has 0 aliphatic carbocycles. The Balaban J connectivity index is 3.77. The first-order valence-corrected chi connectivity index (χ1v) is 3.60. The maximum atomic E-state index is 11.0. The van der Waals surface area contributed by atoms with E-state index in [9.17, 15) is 9.59 Å². The Morgan fingerprint density at radius 1 is 1.50 bits per heavy atom. The predicted molar refractivity (Wildman–Crippen MR) is 43.8 cm³/mol. The average molecular weight is 174 g/mol. The number of likely N-dealkylation sites (N-methyl/N-ethyl adjacent to an activating group) is 1. The van der Waals surface area contributed by atoms with Gasteiger partial charge in [-0.25, -0.2) is 0 Å². The normalized spacial score (nSPS) is 12.7. The van der Waals surface area contributed by atoms with Crippen molar-refractivity contribution in [2.24, 2.45) is 0 Å². The van der Waals surface area contributed by atoms with Crippen molar-refractivity contribution in [2.75, 3.05) is 20.6 Å². The van der Waals surface area contributed by atoms with Crippen LogP contribution in [0.3, 0.4) is 0 Å². The number of carboxylic acids is 1. The number of hydrogen-bond donors (Lipinski definition) is 2. The molecule has 12 heavy (non-hydrogen) atoms. The molecule has 0 saturated heterocycles. The highest BCUT2D eigenvalue weighted by Gasteiger charge is 2.13. The predicted octanol–water partition coefficient (Wildman–Crippen LogP) is -0.863. The highest BCUT2D eigenvalue weighted by Crippen LogP contribution is 1.82. The lowest BCUT2D eigenvalue weighted by Crippen LogP contribution is -2.42. The molecular formula is C7H14N2O3. The Bertz CT molecular complexity index is 179. The number of nitrogens with one attached hydrogen (secondary N) is 1. The van der Waals surface area contributed by atoms with Crippen LogP contribution in [-0.2, 0) is 9.59 Å². The molecule has 0 bridgehead atoms. The minimum absolute atomic E-state index is 0.206. The number of carboxylic acid groups (broad SMARTS) is 1. The van der Waals surface area contributed by atoms with Crippen LogP contribution in [0.15, 0.2) is 0 Å². The van der Waals surface area contributed by atoms with Crippen LogP contribution in [0.25, 0.3) is 0 Å². The van der Waals surface area contributed by atoms with E-state index in [1.165, 1.54) is 6.92 Å². The lowest BCUT2D eigenvalue weighted by atomic mass is 10.3. The van der Waals surface area contributed by atoms with Gasteiger partial charge >= 0.3 is 5.97 Å². The molecule has 0 aromatic carbocycles. The van der Waals surface area contributed by atoms with Crippen LogP contribution < -0.4 is 5.32 Å². The molecule has 0 rings (SSSR count). The molecule has 0 heterocycles. The summed E-state index contributed by atoms with van der Waals surface area (Å²) in [6.45, 7) is 1.63. The van der Waals surface area contributed by atoms with Gasteiger partial charge in [0, 0.05) is 0 Å². The molecule has 2 N–H and O–H groups in total. The van der Waals surface area contributed by atoms with Gasteiger partial charge in [0.25, 0.3) is 0 Å². The van der Waals surface area contributed by atoms with Crippen LogP contribution >= 0.6 is 0 Å². The number of carbonyl (C=O) groups is 2. The van der Waals surface area contributed by atoms with Gasteiger partial charge in [-0.1, -0.05) is 0 Å². The molecule has 1 amide bonds. The summed E-state index contributed by atoms with van der Waals surface area (Å²) in [7, 11) is 3.48. The van der Waals surface area contributed by atoms with Crippen molar-refractivity contribution in [3.63, 3.8) is 0 Å². The summed E-state index contributed by atoms with van der Waals surface area (Å²) in [5.41, 5.74) is 0. The van der Waals surface area contributed by atoms with E-state index in [4.69, 9.17) is 5.11 Å². The van der Waals surface area contributed by atoms with Gasteiger partial charge in [0.15, 0.2) is 0 Å². The fraction of sp³-hybridized carbons (Fsp3) is 0.714. The summed E-state index contributed by atoms with van der Waals surface area (Å²) >= 11 is 0. The van der Waals surface area contributed by atoms with Crippen molar-refractivity contribution in [1.82, 2.24) is 10.2 Å². The van der Waals surface area contributed by atoms with Gasteiger partial charge in [-0.2, -0.15) is 0 Å². The highest BCUT2D eigenvalue weighted by molar-refractivity contribution is 5.84. The monoisotopic (exact) mass is 174 g/mol. The second-order valence-corrected chi connectivity index (χ2v) is 2.87. The lowest BCUT2D eigenvalue weighted by molar-refractivity contribution is -0.141. The third kappa shape index (κ3) is 4.68. The Labute approximate surface area is 71.4 Å². The van der Waals surface area contributed by atoms with Gasteiger partial charge in [-0.15, -0.1) is 0 Å². The maximum Gasteiger partial charge on any atom is 0.325 e. The zero-order valence-electron chi connectivity index (χ0n) is 7.50. The van der Waals surface area contributed by atoms with E-state index in [1.54, 1.807) is 19.0 Å². The molecule has 0 aliphatic heterocycles. The van der Waals surface area contributed by atoms with Crippen molar-refractivity contribution in [1.29, 1.82) is 0 Å². The number of rotatable bonds is 4. The number of aliphatic carboxylic acids is 1. The molecule has 0 aromatic rings. The SMILES string of the molecule is CC(NC(=O)CN(C)C)C(=O)O. The number of nitrogens with zero attached hydrogens (tertiary/aromatic N) is 1. The van der Waals surface area contributed by atoms with Gasteiger partial charge in [0.2, 0.25) is 5.91 Å². The topological polar surface area (TPSA) is 69.6 Å². The standard InChI is InChI=1S/C7H14N2O3/c1-5(7(11)12)8-6(10)4-9(2)3/h5H,4H2,1-3H3,(H,8,10)(H,11,12). The van der Waals surface area contributed by atoms with Crippen LogP contribution in [0.2, 0.25) is 0 Å². The first-order chi connectivity index (χ1) is 5.43. The van der Waals surface area contributed by atoms with Gasteiger partial charge < -0.3 is 15.3 Å². The van der Waals surface area contributed by atoms with Crippen LogP contribution in [0.5, 0.6) is 0 Å². The summed E-state index contributed by atoms with van der Waals surface area (Å²) in [5, 5.41) is 10.8. The van der Waals surface area contributed by atoms with E-state index in [-0.39, 0.29) is 12.5 Å². The second-order valence-electron chi connectivity index (χ2n) is 2.87. The molecular weight excluding hydrogens is 160 g/mol. The number of carbonyl (C=O) groups excluding carboxylic acids is 1. The van der Waals surface area contributed by atoms with Crippen LogP contribution in [-0.4, -0.2) is 48.6 Å². The quantitative estimate of drug-likeness (QED) is 0.581. The summed E-state index contributed by atoms with van der Waals surface area (Å²) < 4.78 is 0. The molecule has 0 aromatic heterocycles. The van der Waals surface area contributed by atoms with Crippen molar-refractivity contribution in [2.45, 2.75) is 13.0 Å². The van der Waals surface area contributed by atoms with Crippen molar-refractivity contribution in [3.8, 4) is 0 Å². The van der Waals surface area contributed by atoms with Crippen molar-refractivity contribution >= 4 is 11.9 Å². The molecule has 1 atom stereocenters. The summed E-state index contributed by atoms with van der Waals surface area (Å²) in [5.74, 6) is -1.31. The first-order valence-electron chi connectivity index (χ1n) is 3.60. The minimum atomic E-state index is -1.03. The summed E-state index contributed by atoms with van der Waals surface area (Å²) in [4.78, 5) is 22.9. The van der Waals surface area contributed by atoms with E-state index in [1.807, 2.05) is 0 Å². The summed E-state index contributed by atoms with van der Waals surface area (Å²) in [6.07, 6.45) is 0. The molecule has 1 unspecified atom stereocenters. The molecule has 70 valence electrons. The van der Waals surface area contributed by atoms with Crippen LogP contribution in [0.4, 0.5) is 0 Å². The Kier molecular flexibility index (Phi) is 4.28. The van der Waals surface area contributed by atoms with Gasteiger partial charge in [-0.3, -0.25) is 9.59 Å². The molecule has 0 radical (unpaired) electrons. The fourth-order valence-electron chi connectivity index (χ4n) is 0.636. The summed E-state index contributed by atoms with van der Waals surface area (Å²) in [6, 6.07) is -0.822. The Morgan fingerprint density at radius 3 is 2.33 bits per heavy atom. The minimum Gasteiger partial charge on any atom is -0.480 e. The molecule has 0 aliphatic rings. The Hall–Kier alpha value is -1.10. The molecule has 0 fully saturated rings. The van der Waals surface area contributed by atoms with E-state index in [2.05, 4.69) is 5.32 Å². The largest absolute Gasteiger partial charge is 0.480 e. The Morgan fingerprint density at radius 2 is 2.00 bits per heavy atom. The number of hydrogen-bond acceptors (Lipinski definition) is 3.